The van der Waals surface area contributed by atoms with Gasteiger partial charge in [0.05, 0.1) is 18.6 Å². The van der Waals surface area contributed by atoms with Crippen molar-refractivity contribution in [1.29, 1.82) is 0 Å². The Morgan fingerprint density at radius 2 is 1.62 bits per heavy atom. The fraction of sp³-hybridized carbons (Fsp3) is 0.310. The molecule has 0 aliphatic carbocycles. The maximum Gasteiger partial charge on any atom is 0.321 e. The molecule has 3 aromatic rings. The zero-order valence-electron chi connectivity index (χ0n) is 22.1. The number of hydrogen-bond acceptors (Lipinski definition) is 6. The summed E-state index contributed by atoms with van der Waals surface area (Å²) < 4.78 is 34.5. The highest BCUT2D eigenvalue weighted by Gasteiger charge is 2.52. The van der Waals surface area contributed by atoms with E-state index in [-0.39, 0.29) is 30.0 Å². The number of urea groups is 1. The molecule has 0 saturated carbocycles. The first-order chi connectivity index (χ1) is 19.4. The lowest BCUT2D eigenvalue weighted by atomic mass is 9.91. The first kappa shape index (κ1) is 27.6. The Hall–Kier alpha value is -3.93. The van der Waals surface area contributed by atoms with Gasteiger partial charge in [-0.25, -0.2) is 18.7 Å². The van der Waals surface area contributed by atoms with Gasteiger partial charge in [-0.1, -0.05) is 48.5 Å². The second-order valence-electron chi connectivity index (χ2n) is 9.86. The summed E-state index contributed by atoms with van der Waals surface area (Å²) in [5, 5.41) is 2.87. The van der Waals surface area contributed by atoms with Crippen molar-refractivity contribution >= 4 is 27.6 Å². The van der Waals surface area contributed by atoms with Crippen molar-refractivity contribution in [3.8, 4) is 5.75 Å². The van der Waals surface area contributed by atoms with Crippen LogP contribution in [0.3, 0.4) is 0 Å². The molecule has 2 aliphatic heterocycles. The van der Waals surface area contributed by atoms with Gasteiger partial charge in [-0.3, -0.25) is 9.63 Å². The smallest absolute Gasteiger partial charge is 0.321 e. The maximum atomic E-state index is 14.0. The van der Waals surface area contributed by atoms with Crippen LogP contribution in [0.25, 0.3) is 0 Å². The molecule has 3 aromatic carbocycles. The number of para-hydroxylation sites is 1. The number of amides is 3. The van der Waals surface area contributed by atoms with Crippen LogP contribution in [0.1, 0.15) is 18.4 Å². The number of carbonyl (C=O) groups excluding carboxylic acids is 2. The minimum atomic E-state index is -4.11. The highest BCUT2D eigenvalue weighted by atomic mass is 32.2. The number of hydrogen-bond donors (Lipinski definition) is 2. The normalized spacial score (nSPS) is 20.9. The highest BCUT2D eigenvalue weighted by molar-refractivity contribution is 7.89. The fourth-order valence-electron chi connectivity index (χ4n) is 5.34. The number of rotatable bonds is 8. The third kappa shape index (κ3) is 5.96. The molecule has 0 bridgehead atoms. The van der Waals surface area contributed by atoms with E-state index < -0.39 is 28.0 Å². The Bertz CT molecular complexity index is 1420. The van der Waals surface area contributed by atoms with E-state index in [1.807, 2.05) is 48.5 Å². The van der Waals surface area contributed by atoms with Crippen LogP contribution in [0.15, 0.2) is 89.8 Å². The van der Waals surface area contributed by atoms with Crippen molar-refractivity contribution in [2.45, 2.75) is 36.4 Å². The van der Waals surface area contributed by atoms with Gasteiger partial charge in [0.15, 0.2) is 0 Å². The molecule has 2 fully saturated rings. The lowest BCUT2D eigenvalue weighted by molar-refractivity contribution is -0.138. The van der Waals surface area contributed by atoms with Crippen molar-refractivity contribution in [3.63, 3.8) is 0 Å². The van der Waals surface area contributed by atoms with Crippen LogP contribution < -0.4 is 15.5 Å². The number of nitrogens with one attached hydrogen (secondary N) is 2. The number of fused-ring (bicyclic) bond motifs is 1. The van der Waals surface area contributed by atoms with Crippen molar-refractivity contribution < 1.29 is 27.6 Å². The number of methoxy groups -OCH3 is 1. The predicted octanol–water partition coefficient (Wildman–Crippen LogP) is 3.63. The molecular formula is C29H32N4O6S. The third-order valence-corrected chi connectivity index (χ3v) is 9.33. The Kier molecular flexibility index (Phi) is 8.34. The number of likely N-dealkylation sites (tertiary alicyclic amines) is 1. The van der Waals surface area contributed by atoms with E-state index >= 15 is 0 Å². The zero-order valence-corrected chi connectivity index (χ0v) is 22.9. The molecule has 210 valence electrons. The third-order valence-electron chi connectivity index (χ3n) is 7.39. The number of sulfonamides is 1. The maximum absolute atomic E-state index is 14.0. The van der Waals surface area contributed by atoms with Gasteiger partial charge in [-0.2, -0.15) is 4.31 Å². The minimum absolute atomic E-state index is 0.0443. The number of benzene rings is 3. The molecule has 40 heavy (non-hydrogen) atoms. The molecule has 0 spiro atoms. The molecule has 2 aliphatic rings. The Morgan fingerprint density at radius 1 is 0.950 bits per heavy atom. The first-order valence-corrected chi connectivity index (χ1v) is 14.5. The van der Waals surface area contributed by atoms with Gasteiger partial charge in [-0.05, 0) is 60.7 Å². The molecule has 0 radical (unpaired) electrons. The molecule has 3 atom stereocenters. The van der Waals surface area contributed by atoms with E-state index in [0.29, 0.717) is 30.8 Å². The summed E-state index contributed by atoms with van der Waals surface area (Å²) in [7, 11) is -2.61. The zero-order chi connectivity index (χ0) is 28.1. The number of nitrogens with zero attached hydrogens (tertiary/aromatic N) is 2. The Balaban J connectivity index is 1.37. The molecule has 2 saturated heterocycles. The largest absolute Gasteiger partial charge is 0.497 e. The summed E-state index contributed by atoms with van der Waals surface area (Å²) in [5.41, 5.74) is 3.98. The molecule has 11 heteroatoms. The van der Waals surface area contributed by atoms with Gasteiger partial charge in [0.25, 0.3) is 5.91 Å². The Morgan fingerprint density at radius 3 is 2.30 bits per heavy atom. The summed E-state index contributed by atoms with van der Waals surface area (Å²) in [6.07, 6.45) is 0.894. The van der Waals surface area contributed by atoms with E-state index in [1.165, 1.54) is 23.5 Å². The first-order valence-electron chi connectivity index (χ1n) is 13.1. The van der Waals surface area contributed by atoms with E-state index in [1.54, 1.807) is 29.2 Å². The minimum Gasteiger partial charge on any atom is -0.497 e. The van der Waals surface area contributed by atoms with Gasteiger partial charge in [0.2, 0.25) is 10.0 Å². The SMILES string of the molecule is COc1ccc(S(=O)(=O)N2[C@H](C(=O)NOCc3ccccc3)C[C@@H]3CCN(C(=O)Nc4ccccc4)C[C@@H]32)cc1. The topological polar surface area (TPSA) is 117 Å². The summed E-state index contributed by atoms with van der Waals surface area (Å²) in [6.45, 7) is 0.757. The standard InChI is InChI=1S/C29H32N4O6S/c1-38-24-12-14-25(15-13-24)40(36,37)33-26(28(34)31-39-20-21-8-4-2-5-9-21)18-22-16-17-32(19-27(22)33)29(35)30-23-10-6-3-7-11-23/h2-15,22,26-27H,16-20H2,1H3,(H,30,35)(H,31,34)/t22-,26-,27-/m0/s1. The monoisotopic (exact) mass is 564 g/mol. The van der Waals surface area contributed by atoms with E-state index in [4.69, 9.17) is 9.57 Å². The summed E-state index contributed by atoms with van der Waals surface area (Å²) in [5.74, 6) is -0.121. The van der Waals surface area contributed by atoms with Crippen LogP contribution in [0.5, 0.6) is 5.75 Å². The number of anilines is 1. The second-order valence-corrected chi connectivity index (χ2v) is 11.7. The molecule has 10 nitrogen and oxygen atoms in total. The van der Waals surface area contributed by atoms with Gasteiger partial charge < -0.3 is 15.0 Å². The van der Waals surface area contributed by atoms with E-state index in [0.717, 1.165) is 5.56 Å². The number of ether oxygens (including phenoxy) is 1. The van der Waals surface area contributed by atoms with Crippen LogP contribution in [-0.4, -0.2) is 61.8 Å². The lowest BCUT2D eigenvalue weighted by Gasteiger charge is -2.38. The van der Waals surface area contributed by atoms with Crippen molar-refractivity contribution in [3.05, 3.63) is 90.5 Å². The second kappa shape index (κ2) is 12.1. The summed E-state index contributed by atoms with van der Waals surface area (Å²) >= 11 is 0. The van der Waals surface area contributed by atoms with Crippen LogP contribution in [0, 0.1) is 5.92 Å². The average Bonchev–Trinajstić information content (AvgIpc) is 3.38. The molecular weight excluding hydrogens is 532 g/mol. The van der Waals surface area contributed by atoms with Gasteiger partial charge in [0.1, 0.15) is 11.8 Å². The summed E-state index contributed by atoms with van der Waals surface area (Å²) in [4.78, 5) is 33.6. The Labute approximate surface area is 233 Å². The number of carbonyl (C=O) groups is 2. The molecule has 0 unspecified atom stereocenters. The van der Waals surface area contributed by atoms with Crippen LogP contribution in [-0.2, 0) is 26.3 Å². The van der Waals surface area contributed by atoms with Crippen LogP contribution >= 0.6 is 0 Å². The molecule has 2 heterocycles. The van der Waals surface area contributed by atoms with E-state index in [2.05, 4.69) is 10.8 Å². The lowest BCUT2D eigenvalue weighted by Crippen LogP contribution is -2.55. The fourth-order valence-corrected chi connectivity index (χ4v) is 7.18. The average molecular weight is 565 g/mol. The number of piperidine rings is 1. The number of hydroxylamine groups is 1. The van der Waals surface area contributed by atoms with Crippen molar-refractivity contribution in [2.24, 2.45) is 5.92 Å². The van der Waals surface area contributed by atoms with Crippen LogP contribution in [0.4, 0.5) is 10.5 Å². The van der Waals surface area contributed by atoms with Crippen molar-refractivity contribution in [2.75, 3.05) is 25.5 Å². The highest BCUT2D eigenvalue weighted by Crippen LogP contribution is 2.40. The molecule has 5 rings (SSSR count). The van der Waals surface area contributed by atoms with Gasteiger partial charge >= 0.3 is 6.03 Å². The van der Waals surface area contributed by atoms with Crippen LogP contribution in [0.2, 0.25) is 0 Å². The quantitative estimate of drug-likeness (QED) is 0.404. The summed E-state index contributed by atoms with van der Waals surface area (Å²) in [6, 6.07) is 22.6. The predicted molar refractivity (Wildman–Crippen MR) is 149 cm³/mol. The van der Waals surface area contributed by atoms with Gasteiger partial charge in [-0.15, -0.1) is 0 Å². The van der Waals surface area contributed by atoms with Crippen molar-refractivity contribution in [1.82, 2.24) is 14.7 Å². The van der Waals surface area contributed by atoms with Gasteiger partial charge in [0, 0.05) is 24.8 Å². The molecule has 0 aromatic heterocycles. The molecule has 2 N–H and O–H groups in total. The van der Waals surface area contributed by atoms with E-state index in [9.17, 15) is 18.0 Å². The molecule has 3 amide bonds.